The summed E-state index contributed by atoms with van der Waals surface area (Å²) in [5.74, 6) is 1.17. The number of anilines is 2. The van der Waals surface area contributed by atoms with E-state index < -0.39 is 0 Å². The summed E-state index contributed by atoms with van der Waals surface area (Å²) in [6, 6.07) is 13.2. The van der Waals surface area contributed by atoms with E-state index in [0.29, 0.717) is 11.4 Å². The van der Waals surface area contributed by atoms with Crippen molar-refractivity contribution in [3.8, 4) is 5.69 Å². The molecule has 0 spiro atoms. The van der Waals surface area contributed by atoms with Crippen LogP contribution >= 0.6 is 0 Å². The number of likely N-dealkylation sites (N-methyl/N-ethyl adjacent to an activating group) is 1. The van der Waals surface area contributed by atoms with Gasteiger partial charge in [-0.1, -0.05) is 0 Å². The van der Waals surface area contributed by atoms with Crippen molar-refractivity contribution in [3.05, 3.63) is 66.7 Å². The summed E-state index contributed by atoms with van der Waals surface area (Å²) in [5.41, 5.74) is 1.60. The van der Waals surface area contributed by atoms with Gasteiger partial charge in [-0.15, -0.1) is 0 Å². The highest BCUT2D eigenvalue weighted by molar-refractivity contribution is 6.03. The Morgan fingerprint density at radius 1 is 1.00 bits per heavy atom. The zero-order valence-corrected chi connectivity index (χ0v) is 15.2. The van der Waals surface area contributed by atoms with Gasteiger partial charge in [-0.05, 0) is 43.4 Å². The van der Waals surface area contributed by atoms with Crippen LogP contribution in [0, 0.1) is 0 Å². The highest BCUT2D eigenvalue weighted by Crippen LogP contribution is 2.17. The first-order valence-electron chi connectivity index (χ1n) is 8.99. The van der Waals surface area contributed by atoms with E-state index in [0.717, 1.165) is 37.7 Å². The number of aromatic nitrogens is 3. The smallest absolute Gasteiger partial charge is 0.256 e. The SMILES string of the molecule is CN1CCN(c2cc(NC(=O)c3ccc(-n4cccc4)cc3)ncn2)CC1. The van der Waals surface area contributed by atoms with Crippen molar-refractivity contribution in [2.24, 2.45) is 0 Å². The Kier molecular flexibility index (Phi) is 4.84. The molecule has 3 heterocycles. The van der Waals surface area contributed by atoms with E-state index in [9.17, 15) is 4.79 Å². The number of carbonyl (C=O) groups is 1. The predicted molar refractivity (Wildman–Crippen MR) is 105 cm³/mol. The van der Waals surface area contributed by atoms with Crippen LogP contribution < -0.4 is 10.2 Å². The molecule has 0 bridgehead atoms. The molecule has 1 saturated heterocycles. The monoisotopic (exact) mass is 362 g/mol. The highest BCUT2D eigenvalue weighted by Gasteiger charge is 2.16. The molecule has 0 aliphatic carbocycles. The van der Waals surface area contributed by atoms with Gasteiger partial charge in [0.2, 0.25) is 0 Å². The maximum absolute atomic E-state index is 12.5. The Hall–Kier alpha value is -3.19. The zero-order chi connectivity index (χ0) is 18.6. The van der Waals surface area contributed by atoms with E-state index >= 15 is 0 Å². The van der Waals surface area contributed by atoms with Crippen molar-refractivity contribution in [2.75, 3.05) is 43.4 Å². The Morgan fingerprint density at radius 2 is 1.70 bits per heavy atom. The molecule has 0 atom stereocenters. The Morgan fingerprint density at radius 3 is 2.41 bits per heavy atom. The quantitative estimate of drug-likeness (QED) is 0.771. The molecule has 1 amide bonds. The Labute approximate surface area is 158 Å². The minimum absolute atomic E-state index is 0.183. The van der Waals surface area contributed by atoms with Crippen molar-refractivity contribution in [1.82, 2.24) is 19.4 Å². The van der Waals surface area contributed by atoms with Gasteiger partial charge in [-0.2, -0.15) is 0 Å². The molecular formula is C20H22N6O. The van der Waals surface area contributed by atoms with Crippen LogP contribution in [-0.4, -0.2) is 58.6 Å². The van der Waals surface area contributed by atoms with Gasteiger partial charge < -0.3 is 19.7 Å². The standard InChI is InChI=1S/C20H22N6O/c1-24-10-12-26(13-11-24)19-14-18(21-15-22-19)23-20(27)16-4-6-17(7-5-16)25-8-2-3-9-25/h2-9,14-15H,10-13H2,1H3,(H,21,22,23,27). The minimum atomic E-state index is -0.183. The lowest BCUT2D eigenvalue weighted by molar-refractivity contribution is 0.102. The first kappa shape index (κ1) is 17.2. The van der Waals surface area contributed by atoms with Crippen LogP contribution in [-0.2, 0) is 0 Å². The fourth-order valence-electron chi connectivity index (χ4n) is 3.10. The third-order valence-electron chi connectivity index (χ3n) is 4.75. The van der Waals surface area contributed by atoms with E-state index in [2.05, 4.69) is 32.1 Å². The van der Waals surface area contributed by atoms with E-state index in [1.165, 1.54) is 6.33 Å². The van der Waals surface area contributed by atoms with Crippen LogP contribution in [0.5, 0.6) is 0 Å². The normalized spacial score (nSPS) is 14.9. The molecule has 1 N–H and O–H groups in total. The van der Waals surface area contributed by atoms with Gasteiger partial charge in [-0.3, -0.25) is 4.79 Å². The average molecular weight is 362 g/mol. The van der Waals surface area contributed by atoms with Gasteiger partial charge in [0.05, 0.1) is 0 Å². The molecule has 138 valence electrons. The van der Waals surface area contributed by atoms with Crippen molar-refractivity contribution in [2.45, 2.75) is 0 Å². The highest BCUT2D eigenvalue weighted by atomic mass is 16.1. The van der Waals surface area contributed by atoms with Crippen molar-refractivity contribution in [1.29, 1.82) is 0 Å². The van der Waals surface area contributed by atoms with Crippen molar-refractivity contribution < 1.29 is 4.79 Å². The van der Waals surface area contributed by atoms with E-state index in [1.54, 1.807) is 0 Å². The summed E-state index contributed by atoms with van der Waals surface area (Å²) in [6.07, 6.45) is 5.43. The molecule has 1 aliphatic rings. The number of piperazine rings is 1. The lowest BCUT2D eigenvalue weighted by Crippen LogP contribution is -2.44. The van der Waals surface area contributed by atoms with Crippen LogP contribution in [0.15, 0.2) is 61.2 Å². The number of rotatable bonds is 4. The first-order valence-corrected chi connectivity index (χ1v) is 8.99. The second-order valence-corrected chi connectivity index (χ2v) is 6.64. The Balaban J connectivity index is 1.44. The number of nitrogens with one attached hydrogen (secondary N) is 1. The van der Waals surface area contributed by atoms with Gasteiger partial charge in [0.1, 0.15) is 18.0 Å². The van der Waals surface area contributed by atoms with E-state index in [1.807, 2.05) is 59.4 Å². The largest absolute Gasteiger partial charge is 0.354 e. The maximum atomic E-state index is 12.5. The number of benzene rings is 1. The lowest BCUT2D eigenvalue weighted by Gasteiger charge is -2.33. The maximum Gasteiger partial charge on any atom is 0.256 e. The van der Waals surface area contributed by atoms with Crippen LogP contribution in [0.1, 0.15) is 10.4 Å². The lowest BCUT2D eigenvalue weighted by atomic mass is 10.2. The number of hydrogen-bond donors (Lipinski definition) is 1. The molecule has 2 aromatic heterocycles. The van der Waals surface area contributed by atoms with Gasteiger partial charge >= 0.3 is 0 Å². The fourth-order valence-corrected chi connectivity index (χ4v) is 3.10. The molecule has 27 heavy (non-hydrogen) atoms. The summed E-state index contributed by atoms with van der Waals surface area (Å²) in [4.78, 5) is 25.6. The molecule has 1 aromatic carbocycles. The third kappa shape index (κ3) is 3.98. The molecule has 0 saturated carbocycles. The molecule has 7 heteroatoms. The molecule has 7 nitrogen and oxygen atoms in total. The summed E-state index contributed by atoms with van der Waals surface area (Å²) >= 11 is 0. The summed E-state index contributed by atoms with van der Waals surface area (Å²) < 4.78 is 1.99. The second kappa shape index (κ2) is 7.59. The minimum Gasteiger partial charge on any atom is -0.354 e. The molecule has 3 aromatic rings. The number of amides is 1. The molecule has 0 unspecified atom stereocenters. The molecule has 0 radical (unpaired) electrons. The summed E-state index contributed by atoms with van der Waals surface area (Å²) in [7, 11) is 2.12. The van der Waals surface area contributed by atoms with Crippen LogP contribution in [0.3, 0.4) is 0 Å². The predicted octanol–water partition coefficient (Wildman–Crippen LogP) is 2.27. The molecule has 4 rings (SSSR count). The number of nitrogens with zero attached hydrogens (tertiary/aromatic N) is 5. The average Bonchev–Trinajstić information content (AvgIpc) is 3.24. The van der Waals surface area contributed by atoms with Crippen LogP contribution in [0.2, 0.25) is 0 Å². The summed E-state index contributed by atoms with van der Waals surface area (Å²) in [6.45, 7) is 3.84. The topological polar surface area (TPSA) is 66.3 Å². The van der Waals surface area contributed by atoms with E-state index in [-0.39, 0.29) is 5.91 Å². The second-order valence-electron chi connectivity index (χ2n) is 6.64. The van der Waals surface area contributed by atoms with Gasteiger partial charge in [0.25, 0.3) is 5.91 Å². The van der Waals surface area contributed by atoms with Gasteiger partial charge in [0, 0.05) is 55.9 Å². The van der Waals surface area contributed by atoms with E-state index in [4.69, 9.17) is 0 Å². The molecular weight excluding hydrogens is 340 g/mol. The Bertz CT molecular complexity index is 898. The summed E-state index contributed by atoms with van der Waals surface area (Å²) in [5, 5.41) is 2.87. The molecule has 1 fully saturated rings. The fraction of sp³-hybridized carbons (Fsp3) is 0.250. The number of hydrogen-bond acceptors (Lipinski definition) is 5. The van der Waals surface area contributed by atoms with Crippen LogP contribution in [0.25, 0.3) is 5.69 Å². The molecule has 1 aliphatic heterocycles. The first-order chi connectivity index (χ1) is 13.2. The zero-order valence-electron chi connectivity index (χ0n) is 15.2. The van der Waals surface area contributed by atoms with Gasteiger partial charge in [0.15, 0.2) is 0 Å². The third-order valence-corrected chi connectivity index (χ3v) is 4.75. The van der Waals surface area contributed by atoms with Gasteiger partial charge in [-0.25, -0.2) is 9.97 Å². The van der Waals surface area contributed by atoms with Crippen molar-refractivity contribution in [3.63, 3.8) is 0 Å². The van der Waals surface area contributed by atoms with Crippen LogP contribution in [0.4, 0.5) is 11.6 Å². The number of carbonyl (C=O) groups excluding carboxylic acids is 1. The van der Waals surface area contributed by atoms with Crippen molar-refractivity contribution >= 4 is 17.5 Å².